The Balaban J connectivity index is 2.40. The lowest BCUT2D eigenvalue weighted by Crippen LogP contribution is -1.92. The van der Waals surface area contributed by atoms with Gasteiger partial charge in [0.2, 0.25) is 0 Å². The van der Waals surface area contributed by atoms with Gasteiger partial charge in [0.25, 0.3) is 0 Å². The number of allylic oxidation sites excluding steroid dienone is 2. The van der Waals surface area contributed by atoms with Gasteiger partial charge in [-0.25, -0.2) is 0 Å². The van der Waals surface area contributed by atoms with Crippen molar-refractivity contribution in [3.8, 4) is 5.75 Å². The number of fused-ring (bicyclic) bond motifs is 1. The number of benzene rings is 1. The van der Waals surface area contributed by atoms with E-state index in [-0.39, 0.29) is 0 Å². The third-order valence-electron chi connectivity index (χ3n) is 1.74. The maximum atomic E-state index is 5.15. The molecule has 60 valence electrons. The maximum absolute atomic E-state index is 5.15. The summed E-state index contributed by atoms with van der Waals surface area (Å²) >= 11 is 0. The second kappa shape index (κ2) is 3.22. The molecule has 2 rings (SSSR count). The number of nitrogens with zero attached hydrogens (tertiary/aromatic N) is 1. The Labute approximate surface area is 71.2 Å². The molecule has 0 saturated carbocycles. The monoisotopic (exact) mass is 159 g/mol. The fraction of sp³-hybridized carbons (Fsp3) is 0.100. The molecule has 1 heterocycles. The summed E-state index contributed by atoms with van der Waals surface area (Å²) < 4.78 is 0. The fourth-order valence-electron chi connectivity index (χ4n) is 1.14. The van der Waals surface area contributed by atoms with Crippen molar-refractivity contribution in [1.82, 2.24) is 0 Å². The molecule has 2 heteroatoms. The first kappa shape index (κ1) is 7.10. The first-order valence-electron chi connectivity index (χ1n) is 3.90. The largest absolute Gasteiger partial charge is 0.357 e. The first-order chi connectivity index (χ1) is 5.97. The Bertz CT molecular complexity index is 295. The standard InChI is InChI=1S/C10H9NO/c1-2-7-10-9(5-1)6-3-4-8-11-12-10/h1-5,7-8H,6H2. The van der Waals surface area contributed by atoms with Crippen LogP contribution < -0.4 is 4.84 Å². The van der Waals surface area contributed by atoms with Gasteiger partial charge in [0.05, 0.1) is 6.21 Å². The van der Waals surface area contributed by atoms with Crippen molar-refractivity contribution in [1.29, 1.82) is 0 Å². The molecule has 0 amide bonds. The van der Waals surface area contributed by atoms with Crippen LogP contribution in [0.5, 0.6) is 5.75 Å². The zero-order valence-corrected chi connectivity index (χ0v) is 6.60. The molecule has 0 bridgehead atoms. The predicted molar refractivity (Wildman–Crippen MR) is 48.4 cm³/mol. The Hall–Kier alpha value is -1.57. The van der Waals surface area contributed by atoms with Crippen LogP contribution in [-0.2, 0) is 6.42 Å². The minimum Gasteiger partial charge on any atom is -0.357 e. The number of oxime groups is 1. The Morgan fingerprint density at radius 3 is 3.17 bits per heavy atom. The van der Waals surface area contributed by atoms with E-state index in [1.165, 1.54) is 5.56 Å². The number of hydrogen-bond acceptors (Lipinski definition) is 2. The van der Waals surface area contributed by atoms with Gasteiger partial charge < -0.3 is 4.84 Å². The van der Waals surface area contributed by atoms with Gasteiger partial charge in [0.15, 0.2) is 5.75 Å². The molecule has 0 spiro atoms. The normalized spacial score (nSPS) is 14.3. The van der Waals surface area contributed by atoms with Crippen LogP contribution in [-0.4, -0.2) is 6.21 Å². The summed E-state index contributed by atoms with van der Waals surface area (Å²) in [6.45, 7) is 0. The van der Waals surface area contributed by atoms with Crippen molar-refractivity contribution in [2.24, 2.45) is 5.16 Å². The minimum atomic E-state index is 0.845. The van der Waals surface area contributed by atoms with Crippen LogP contribution in [0, 0.1) is 0 Å². The van der Waals surface area contributed by atoms with E-state index in [4.69, 9.17) is 4.84 Å². The van der Waals surface area contributed by atoms with Crippen molar-refractivity contribution in [3.05, 3.63) is 42.0 Å². The van der Waals surface area contributed by atoms with E-state index in [9.17, 15) is 0 Å². The summed E-state index contributed by atoms with van der Waals surface area (Å²) in [5.74, 6) is 0.845. The van der Waals surface area contributed by atoms with Crippen molar-refractivity contribution in [2.75, 3.05) is 0 Å². The lowest BCUT2D eigenvalue weighted by Gasteiger charge is -2.05. The minimum absolute atomic E-state index is 0.845. The predicted octanol–water partition coefficient (Wildman–Crippen LogP) is 2.16. The Morgan fingerprint density at radius 2 is 2.17 bits per heavy atom. The highest BCUT2D eigenvalue weighted by atomic mass is 16.6. The molecule has 2 nitrogen and oxygen atoms in total. The third kappa shape index (κ3) is 1.37. The molecule has 1 aliphatic heterocycles. The van der Waals surface area contributed by atoms with Crippen LogP contribution in [0.3, 0.4) is 0 Å². The molecule has 0 aliphatic carbocycles. The van der Waals surface area contributed by atoms with Gasteiger partial charge in [-0.15, -0.1) is 0 Å². The van der Waals surface area contributed by atoms with Crippen LogP contribution in [0.15, 0.2) is 41.6 Å². The first-order valence-corrected chi connectivity index (χ1v) is 3.90. The van der Waals surface area contributed by atoms with Gasteiger partial charge in [0, 0.05) is 5.56 Å². The van der Waals surface area contributed by atoms with Gasteiger partial charge in [-0.05, 0) is 18.6 Å². The maximum Gasteiger partial charge on any atom is 0.161 e. The third-order valence-corrected chi connectivity index (χ3v) is 1.74. The SMILES string of the molecule is C1=CCc2ccccc2ON=C1. The van der Waals surface area contributed by atoms with Gasteiger partial charge >= 0.3 is 0 Å². The number of rotatable bonds is 0. The number of para-hydroxylation sites is 1. The molecule has 0 saturated heterocycles. The summed E-state index contributed by atoms with van der Waals surface area (Å²) in [4.78, 5) is 5.15. The van der Waals surface area contributed by atoms with Gasteiger partial charge in [-0.3, -0.25) is 0 Å². The molecular formula is C10H9NO. The van der Waals surface area contributed by atoms with E-state index in [1.54, 1.807) is 6.21 Å². The van der Waals surface area contributed by atoms with Crippen LogP contribution in [0.1, 0.15) is 5.56 Å². The lowest BCUT2D eigenvalue weighted by atomic mass is 10.1. The van der Waals surface area contributed by atoms with Crippen LogP contribution in [0.25, 0.3) is 0 Å². The summed E-state index contributed by atoms with van der Waals surface area (Å²) in [6.07, 6.45) is 6.50. The molecule has 1 aromatic carbocycles. The highest BCUT2D eigenvalue weighted by molar-refractivity contribution is 5.70. The molecular weight excluding hydrogens is 150 g/mol. The second-order valence-corrected chi connectivity index (χ2v) is 2.59. The van der Waals surface area contributed by atoms with E-state index in [0.29, 0.717) is 0 Å². The molecule has 0 N–H and O–H groups in total. The molecule has 0 fully saturated rings. The number of hydrogen-bond donors (Lipinski definition) is 0. The molecule has 12 heavy (non-hydrogen) atoms. The van der Waals surface area contributed by atoms with E-state index < -0.39 is 0 Å². The van der Waals surface area contributed by atoms with Crippen LogP contribution in [0.4, 0.5) is 0 Å². The highest BCUT2D eigenvalue weighted by Crippen LogP contribution is 2.19. The molecule has 0 unspecified atom stereocenters. The van der Waals surface area contributed by atoms with E-state index in [0.717, 1.165) is 12.2 Å². The lowest BCUT2D eigenvalue weighted by molar-refractivity contribution is 0.340. The summed E-state index contributed by atoms with van der Waals surface area (Å²) in [6, 6.07) is 7.91. The second-order valence-electron chi connectivity index (χ2n) is 2.59. The molecule has 1 aromatic rings. The molecule has 0 radical (unpaired) electrons. The van der Waals surface area contributed by atoms with Crippen molar-refractivity contribution >= 4 is 6.21 Å². The topological polar surface area (TPSA) is 21.6 Å². The smallest absolute Gasteiger partial charge is 0.161 e. The molecule has 0 aromatic heterocycles. The molecule has 0 atom stereocenters. The van der Waals surface area contributed by atoms with Crippen LogP contribution >= 0.6 is 0 Å². The average Bonchev–Trinajstić information content (AvgIpc) is 2.06. The Kier molecular flexibility index (Phi) is 1.90. The summed E-state index contributed by atoms with van der Waals surface area (Å²) in [7, 11) is 0. The highest BCUT2D eigenvalue weighted by Gasteiger charge is 2.01. The zero-order valence-electron chi connectivity index (χ0n) is 6.60. The summed E-state index contributed by atoms with van der Waals surface area (Å²) in [5.41, 5.74) is 1.17. The summed E-state index contributed by atoms with van der Waals surface area (Å²) in [5, 5.41) is 3.76. The van der Waals surface area contributed by atoms with Crippen LogP contribution in [0.2, 0.25) is 0 Å². The quantitative estimate of drug-likeness (QED) is 0.568. The van der Waals surface area contributed by atoms with E-state index in [2.05, 4.69) is 11.2 Å². The Morgan fingerprint density at radius 1 is 1.25 bits per heavy atom. The van der Waals surface area contributed by atoms with Gasteiger partial charge in [-0.1, -0.05) is 29.4 Å². The van der Waals surface area contributed by atoms with E-state index >= 15 is 0 Å². The fourth-order valence-corrected chi connectivity index (χ4v) is 1.14. The van der Waals surface area contributed by atoms with E-state index in [1.807, 2.05) is 30.3 Å². The zero-order chi connectivity index (χ0) is 8.23. The van der Waals surface area contributed by atoms with Gasteiger partial charge in [-0.2, -0.15) is 0 Å². The van der Waals surface area contributed by atoms with Crippen molar-refractivity contribution < 1.29 is 4.84 Å². The average molecular weight is 159 g/mol. The van der Waals surface area contributed by atoms with Gasteiger partial charge in [0.1, 0.15) is 0 Å². The molecule has 1 aliphatic rings. The van der Waals surface area contributed by atoms with Crippen molar-refractivity contribution in [3.63, 3.8) is 0 Å². The van der Waals surface area contributed by atoms with Crippen molar-refractivity contribution in [2.45, 2.75) is 6.42 Å².